The van der Waals surface area contributed by atoms with Crippen molar-refractivity contribution in [1.82, 2.24) is 4.98 Å². The fraction of sp³-hybridized carbons (Fsp3) is 0.458. The number of anilines is 2. The molecular weight excluding hydrogens is 465 g/mol. The first-order valence-electron chi connectivity index (χ1n) is 11.3. The van der Waals surface area contributed by atoms with Crippen molar-refractivity contribution >= 4 is 23.1 Å². The summed E-state index contributed by atoms with van der Waals surface area (Å²) in [5.74, 6) is -1.08. The Kier molecular flexibility index (Phi) is 7.04. The van der Waals surface area contributed by atoms with Gasteiger partial charge in [0.25, 0.3) is 0 Å². The number of aliphatic carboxylic acids is 1. The van der Waals surface area contributed by atoms with E-state index in [-0.39, 0.29) is 6.10 Å². The topological polar surface area (TPSA) is 87.5 Å². The van der Waals surface area contributed by atoms with E-state index in [1.165, 1.54) is 6.92 Å². The van der Waals surface area contributed by atoms with E-state index in [1.54, 1.807) is 37.6 Å². The van der Waals surface area contributed by atoms with Crippen LogP contribution >= 0.6 is 0 Å². The highest BCUT2D eigenvalue weighted by molar-refractivity contribution is 5.95. The molecule has 8 nitrogen and oxygen atoms in total. The zero-order chi connectivity index (χ0) is 25.2. The van der Waals surface area contributed by atoms with E-state index >= 15 is 0 Å². The van der Waals surface area contributed by atoms with Gasteiger partial charge >= 0.3 is 12.1 Å². The average Bonchev–Trinajstić information content (AvgIpc) is 3.16. The maximum absolute atomic E-state index is 13.4. The number of halogens is 3. The quantitative estimate of drug-likeness (QED) is 0.615. The normalized spacial score (nSPS) is 21.1. The molecule has 1 aromatic heterocycles. The van der Waals surface area contributed by atoms with Crippen molar-refractivity contribution in [2.24, 2.45) is 11.0 Å². The second kappa shape index (κ2) is 10.0. The SMILES string of the molecule is COc1cc(N2CCC(Oc3ccc(N4N=C(C(F)(F)F)C(C)C4CC(=O)O)cc3)CC2)ccn1. The van der Waals surface area contributed by atoms with Crippen LogP contribution in [0.2, 0.25) is 0 Å². The third kappa shape index (κ3) is 5.60. The van der Waals surface area contributed by atoms with Gasteiger partial charge in [-0.05, 0) is 30.3 Å². The lowest BCUT2D eigenvalue weighted by Gasteiger charge is -2.33. The molecule has 3 heterocycles. The summed E-state index contributed by atoms with van der Waals surface area (Å²) in [6.45, 7) is 2.95. The molecule has 35 heavy (non-hydrogen) atoms. The summed E-state index contributed by atoms with van der Waals surface area (Å²) in [6.07, 6.45) is -1.76. The van der Waals surface area contributed by atoms with Crippen molar-refractivity contribution in [3.05, 3.63) is 42.6 Å². The number of aromatic nitrogens is 1. The Morgan fingerprint density at radius 2 is 1.83 bits per heavy atom. The van der Waals surface area contributed by atoms with Crippen LogP contribution in [0.3, 0.4) is 0 Å². The number of hydrazone groups is 1. The number of rotatable bonds is 7. The van der Waals surface area contributed by atoms with Crippen LogP contribution in [0.15, 0.2) is 47.7 Å². The molecule has 1 fully saturated rings. The zero-order valence-electron chi connectivity index (χ0n) is 19.4. The fourth-order valence-corrected chi connectivity index (χ4v) is 4.49. The number of ether oxygens (including phenoxy) is 2. The molecule has 2 atom stereocenters. The van der Waals surface area contributed by atoms with E-state index in [2.05, 4.69) is 15.0 Å². The smallest absolute Gasteiger partial charge is 0.431 e. The number of hydrogen-bond donors (Lipinski definition) is 1. The van der Waals surface area contributed by atoms with Crippen molar-refractivity contribution in [1.29, 1.82) is 0 Å². The molecule has 2 unspecified atom stereocenters. The van der Waals surface area contributed by atoms with Crippen LogP contribution in [0.5, 0.6) is 11.6 Å². The van der Waals surface area contributed by atoms with Crippen LogP contribution in [0, 0.1) is 5.92 Å². The summed E-state index contributed by atoms with van der Waals surface area (Å²) in [7, 11) is 1.58. The summed E-state index contributed by atoms with van der Waals surface area (Å²) in [5.41, 5.74) is 0.452. The molecule has 4 rings (SSSR count). The molecule has 2 aliphatic heterocycles. The highest BCUT2D eigenvalue weighted by Crippen LogP contribution is 2.37. The second-order valence-electron chi connectivity index (χ2n) is 8.64. The van der Waals surface area contributed by atoms with Crippen LogP contribution in [-0.4, -0.2) is 60.3 Å². The van der Waals surface area contributed by atoms with E-state index in [0.29, 0.717) is 17.3 Å². The van der Waals surface area contributed by atoms with Gasteiger partial charge in [-0.2, -0.15) is 18.3 Å². The van der Waals surface area contributed by atoms with E-state index < -0.39 is 36.2 Å². The van der Waals surface area contributed by atoms with Crippen LogP contribution in [0.1, 0.15) is 26.2 Å². The Morgan fingerprint density at radius 1 is 1.14 bits per heavy atom. The molecule has 1 aromatic carbocycles. The Morgan fingerprint density at radius 3 is 2.43 bits per heavy atom. The van der Waals surface area contributed by atoms with Gasteiger partial charge < -0.3 is 19.5 Å². The summed E-state index contributed by atoms with van der Waals surface area (Å²) < 4.78 is 51.4. The lowest BCUT2D eigenvalue weighted by Crippen LogP contribution is -2.38. The van der Waals surface area contributed by atoms with Gasteiger partial charge in [0.15, 0.2) is 0 Å². The largest absolute Gasteiger partial charge is 0.490 e. The first-order chi connectivity index (χ1) is 16.7. The number of piperidine rings is 1. The number of pyridine rings is 1. The number of carboxylic acids is 1. The highest BCUT2D eigenvalue weighted by atomic mass is 19.4. The van der Waals surface area contributed by atoms with E-state index in [0.717, 1.165) is 36.6 Å². The Balaban J connectivity index is 1.40. The van der Waals surface area contributed by atoms with Gasteiger partial charge in [0.05, 0.1) is 25.3 Å². The van der Waals surface area contributed by atoms with Crippen LogP contribution in [0.25, 0.3) is 0 Å². The molecule has 0 saturated carbocycles. The molecule has 2 aliphatic rings. The first-order valence-corrected chi connectivity index (χ1v) is 11.3. The minimum atomic E-state index is -4.62. The zero-order valence-corrected chi connectivity index (χ0v) is 19.4. The summed E-state index contributed by atoms with van der Waals surface area (Å²) in [4.78, 5) is 17.6. The molecule has 0 amide bonds. The van der Waals surface area contributed by atoms with Crippen LogP contribution < -0.4 is 19.4 Å². The maximum Gasteiger partial charge on any atom is 0.431 e. The standard InChI is InChI=1S/C24H27F3N4O4/c1-15-20(14-22(32)33)31(29-23(15)24(25,26)27)16-3-5-18(6-4-16)35-19-8-11-30(12-9-19)17-7-10-28-21(13-17)34-2/h3-7,10,13,15,19-20H,8-9,11-12,14H2,1-2H3,(H,32,33). The number of hydrogen-bond acceptors (Lipinski definition) is 7. The molecular formula is C24H27F3N4O4. The van der Waals surface area contributed by atoms with Gasteiger partial charge in [-0.25, -0.2) is 4.98 Å². The third-order valence-electron chi connectivity index (χ3n) is 6.35. The lowest BCUT2D eigenvalue weighted by atomic mass is 9.94. The number of benzene rings is 1. The van der Waals surface area contributed by atoms with Gasteiger partial charge in [0, 0.05) is 49.8 Å². The van der Waals surface area contributed by atoms with Crippen molar-refractivity contribution in [3.8, 4) is 11.6 Å². The van der Waals surface area contributed by atoms with Crippen LogP contribution in [-0.2, 0) is 4.79 Å². The molecule has 1 N–H and O–H groups in total. The molecule has 11 heteroatoms. The van der Waals surface area contributed by atoms with Gasteiger partial charge in [0.1, 0.15) is 17.6 Å². The molecule has 188 valence electrons. The predicted molar refractivity (Wildman–Crippen MR) is 124 cm³/mol. The van der Waals surface area contributed by atoms with Crippen molar-refractivity contribution in [2.75, 3.05) is 30.1 Å². The number of carbonyl (C=O) groups is 1. The van der Waals surface area contributed by atoms with Gasteiger partial charge in [-0.15, -0.1) is 0 Å². The number of alkyl halides is 3. The number of methoxy groups -OCH3 is 1. The van der Waals surface area contributed by atoms with Gasteiger partial charge in [-0.1, -0.05) is 6.92 Å². The number of nitrogens with zero attached hydrogens (tertiary/aromatic N) is 4. The summed E-state index contributed by atoms with van der Waals surface area (Å²) >= 11 is 0. The fourth-order valence-electron chi connectivity index (χ4n) is 4.49. The van der Waals surface area contributed by atoms with Crippen molar-refractivity contribution in [2.45, 2.75) is 44.5 Å². The van der Waals surface area contributed by atoms with Crippen molar-refractivity contribution < 1.29 is 32.5 Å². The Hall–Kier alpha value is -3.50. The van der Waals surface area contributed by atoms with Crippen LogP contribution in [0.4, 0.5) is 24.5 Å². The summed E-state index contributed by atoms with van der Waals surface area (Å²) in [5, 5.41) is 14.1. The van der Waals surface area contributed by atoms with E-state index in [4.69, 9.17) is 9.47 Å². The summed E-state index contributed by atoms with van der Waals surface area (Å²) in [6, 6.07) is 9.48. The second-order valence-corrected chi connectivity index (χ2v) is 8.64. The monoisotopic (exact) mass is 492 g/mol. The minimum Gasteiger partial charge on any atom is -0.490 e. The average molecular weight is 492 g/mol. The molecule has 0 spiro atoms. The molecule has 0 bridgehead atoms. The van der Waals surface area contributed by atoms with Gasteiger partial charge in [0.2, 0.25) is 5.88 Å². The number of carboxylic acid groups (broad SMARTS) is 1. The Bertz CT molecular complexity index is 1070. The maximum atomic E-state index is 13.4. The molecule has 1 saturated heterocycles. The van der Waals surface area contributed by atoms with E-state index in [1.807, 2.05) is 12.1 Å². The van der Waals surface area contributed by atoms with Gasteiger partial charge in [-0.3, -0.25) is 9.80 Å². The lowest BCUT2D eigenvalue weighted by molar-refractivity contribution is -0.137. The minimum absolute atomic E-state index is 0.00209. The van der Waals surface area contributed by atoms with Crippen molar-refractivity contribution in [3.63, 3.8) is 0 Å². The Labute approximate surface area is 201 Å². The van der Waals surface area contributed by atoms with E-state index in [9.17, 15) is 23.1 Å². The highest BCUT2D eigenvalue weighted by Gasteiger charge is 2.48. The first kappa shape index (κ1) is 24.6. The predicted octanol–water partition coefficient (Wildman–Crippen LogP) is 4.36. The molecule has 2 aromatic rings. The molecule has 0 radical (unpaired) electrons. The molecule has 0 aliphatic carbocycles. The third-order valence-corrected chi connectivity index (χ3v) is 6.35.